The van der Waals surface area contributed by atoms with E-state index in [1.54, 1.807) is 42.5 Å². The molecule has 0 saturated carbocycles. The van der Waals surface area contributed by atoms with Gasteiger partial charge in [-0.2, -0.15) is 5.26 Å². The molecule has 0 aliphatic rings. The fourth-order valence-electron chi connectivity index (χ4n) is 1.91. The maximum atomic E-state index is 12.2. The molecule has 0 atom stereocenters. The van der Waals surface area contributed by atoms with Gasteiger partial charge in [0.05, 0.1) is 10.7 Å². The van der Waals surface area contributed by atoms with Crippen molar-refractivity contribution < 1.29 is 19.4 Å². The SMILES string of the molecule is N#C/C(=C/c1cccc(OCC(=O)O)c1)C(=O)Nc1ccccc1Cl. The Bertz CT molecular complexity index is 871. The van der Waals surface area contributed by atoms with Crippen LogP contribution in [0.25, 0.3) is 6.08 Å². The fraction of sp³-hybridized carbons (Fsp3) is 0.0556. The maximum absolute atomic E-state index is 12.2. The van der Waals surface area contributed by atoms with Crippen molar-refractivity contribution in [3.63, 3.8) is 0 Å². The first-order valence-electron chi connectivity index (χ1n) is 7.12. The molecule has 0 heterocycles. The molecule has 126 valence electrons. The molecule has 6 nitrogen and oxygen atoms in total. The quantitative estimate of drug-likeness (QED) is 0.610. The second-order valence-corrected chi connectivity index (χ2v) is 5.27. The van der Waals surface area contributed by atoms with Crippen LogP contribution in [0.5, 0.6) is 5.75 Å². The number of amides is 1. The third kappa shape index (κ3) is 5.37. The molecule has 2 aromatic rings. The molecule has 0 aliphatic carbocycles. The van der Waals surface area contributed by atoms with Crippen molar-refractivity contribution >= 4 is 35.2 Å². The van der Waals surface area contributed by atoms with Crippen molar-refractivity contribution in [3.8, 4) is 11.8 Å². The van der Waals surface area contributed by atoms with Crippen LogP contribution in [0.2, 0.25) is 5.02 Å². The van der Waals surface area contributed by atoms with Crippen LogP contribution in [0.3, 0.4) is 0 Å². The average molecular weight is 357 g/mol. The van der Waals surface area contributed by atoms with Crippen molar-refractivity contribution in [2.24, 2.45) is 0 Å². The Balaban J connectivity index is 2.18. The lowest BCUT2D eigenvalue weighted by Gasteiger charge is -2.07. The highest BCUT2D eigenvalue weighted by molar-refractivity contribution is 6.34. The van der Waals surface area contributed by atoms with Gasteiger partial charge in [0.2, 0.25) is 0 Å². The summed E-state index contributed by atoms with van der Waals surface area (Å²) < 4.78 is 5.07. The van der Waals surface area contributed by atoms with E-state index in [4.69, 9.17) is 21.4 Å². The molecule has 1 amide bonds. The number of benzene rings is 2. The summed E-state index contributed by atoms with van der Waals surface area (Å²) in [6.07, 6.45) is 1.37. The predicted octanol–water partition coefficient (Wildman–Crippen LogP) is 3.35. The summed E-state index contributed by atoms with van der Waals surface area (Å²) in [6.45, 7) is -0.481. The van der Waals surface area contributed by atoms with Crippen molar-refractivity contribution in [2.45, 2.75) is 0 Å². The molecule has 25 heavy (non-hydrogen) atoms. The van der Waals surface area contributed by atoms with Gasteiger partial charge in [-0.15, -0.1) is 0 Å². The molecular weight excluding hydrogens is 344 g/mol. The summed E-state index contributed by atoms with van der Waals surface area (Å²) in [7, 11) is 0. The van der Waals surface area contributed by atoms with Gasteiger partial charge in [-0.25, -0.2) is 4.79 Å². The number of halogens is 1. The second-order valence-electron chi connectivity index (χ2n) is 4.86. The van der Waals surface area contributed by atoms with Crippen molar-refractivity contribution in [2.75, 3.05) is 11.9 Å². The lowest BCUT2D eigenvalue weighted by molar-refractivity contribution is -0.139. The third-order valence-electron chi connectivity index (χ3n) is 3.02. The molecule has 2 aromatic carbocycles. The van der Waals surface area contributed by atoms with Crippen LogP contribution < -0.4 is 10.1 Å². The molecule has 2 N–H and O–H groups in total. The van der Waals surface area contributed by atoms with Crippen molar-refractivity contribution in [3.05, 3.63) is 64.7 Å². The van der Waals surface area contributed by atoms with Crippen LogP contribution in [0, 0.1) is 11.3 Å². The number of carboxylic acids is 1. The minimum absolute atomic E-state index is 0.129. The summed E-state index contributed by atoms with van der Waals surface area (Å²) in [6, 6.07) is 14.9. The highest BCUT2D eigenvalue weighted by Gasteiger charge is 2.11. The zero-order chi connectivity index (χ0) is 18.2. The Hall–Kier alpha value is -3.30. The van der Waals surface area contributed by atoms with Gasteiger partial charge >= 0.3 is 5.97 Å². The Morgan fingerprint density at radius 3 is 2.68 bits per heavy atom. The number of ether oxygens (including phenoxy) is 1. The lowest BCUT2D eigenvalue weighted by Crippen LogP contribution is -2.13. The number of hydrogen-bond donors (Lipinski definition) is 2. The van der Waals surface area contributed by atoms with Crippen LogP contribution in [-0.4, -0.2) is 23.6 Å². The van der Waals surface area contributed by atoms with Gasteiger partial charge in [0, 0.05) is 0 Å². The lowest BCUT2D eigenvalue weighted by atomic mass is 10.1. The fourth-order valence-corrected chi connectivity index (χ4v) is 2.09. The number of carboxylic acid groups (broad SMARTS) is 1. The van der Waals surface area contributed by atoms with Gasteiger partial charge in [-0.3, -0.25) is 4.79 Å². The number of hydrogen-bond acceptors (Lipinski definition) is 4. The van der Waals surface area contributed by atoms with E-state index in [1.807, 2.05) is 6.07 Å². The predicted molar refractivity (Wildman–Crippen MR) is 93.2 cm³/mol. The number of nitrogens with zero attached hydrogens (tertiary/aromatic N) is 1. The number of rotatable bonds is 6. The normalized spacial score (nSPS) is 10.6. The molecule has 0 spiro atoms. The number of nitrogens with one attached hydrogen (secondary N) is 1. The Labute approximate surface area is 148 Å². The first-order chi connectivity index (χ1) is 12.0. The number of carbonyl (C=O) groups is 2. The van der Waals surface area contributed by atoms with Gasteiger partial charge in [-0.05, 0) is 35.9 Å². The summed E-state index contributed by atoms with van der Waals surface area (Å²) in [5.74, 6) is -1.38. The topological polar surface area (TPSA) is 99.4 Å². The van der Waals surface area contributed by atoms with Crippen molar-refractivity contribution in [1.82, 2.24) is 0 Å². The summed E-state index contributed by atoms with van der Waals surface area (Å²) in [5, 5.41) is 20.8. The van der Waals surface area contributed by atoms with E-state index in [2.05, 4.69) is 5.32 Å². The van der Waals surface area contributed by atoms with E-state index in [0.29, 0.717) is 22.0 Å². The molecule has 0 radical (unpaired) electrons. The molecule has 0 aliphatic heterocycles. The molecular formula is C18H13ClN2O4. The minimum Gasteiger partial charge on any atom is -0.482 e. The van der Waals surface area contributed by atoms with E-state index < -0.39 is 18.5 Å². The highest BCUT2D eigenvalue weighted by atomic mass is 35.5. The van der Waals surface area contributed by atoms with E-state index >= 15 is 0 Å². The smallest absolute Gasteiger partial charge is 0.341 e. The van der Waals surface area contributed by atoms with Gasteiger partial charge in [0.25, 0.3) is 5.91 Å². The van der Waals surface area contributed by atoms with Gasteiger partial charge in [0.1, 0.15) is 17.4 Å². The molecule has 2 rings (SSSR count). The Morgan fingerprint density at radius 2 is 2.00 bits per heavy atom. The minimum atomic E-state index is -1.10. The number of para-hydroxylation sites is 1. The van der Waals surface area contributed by atoms with Crippen LogP contribution in [0.15, 0.2) is 54.1 Å². The van der Waals surface area contributed by atoms with Gasteiger partial charge in [0.15, 0.2) is 6.61 Å². The van der Waals surface area contributed by atoms with Gasteiger partial charge in [-0.1, -0.05) is 35.9 Å². The van der Waals surface area contributed by atoms with Crippen LogP contribution in [-0.2, 0) is 9.59 Å². The summed E-state index contributed by atoms with van der Waals surface area (Å²) in [4.78, 5) is 22.8. The van der Waals surface area contributed by atoms with E-state index in [9.17, 15) is 14.9 Å². The molecule has 0 aromatic heterocycles. The molecule has 0 bridgehead atoms. The molecule has 0 fully saturated rings. The summed E-state index contributed by atoms with van der Waals surface area (Å²) in [5.41, 5.74) is 0.790. The third-order valence-corrected chi connectivity index (χ3v) is 3.35. The standard InChI is InChI=1S/C18H13ClN2O4/c19-15-6-1-2-7-16(15)21-18(24)13(10-20)8-12-4-3-5-14(9-12)25-11-17(22)23/h1-9H,11H2,(H,21,24)(H,22,23)/b13-8-. The summed E-state index contributed by atoms with van der Waals surface area (Å²) >= 11 is 5.98. The Kier molecular flexibility index (Phi) is 6.15. The van der Waals surface area contributed by atoms with E-state index in [-0.39, 0.29) is 5.57 Å². The zero-order valence-electron chi connectivity index (χ0n) is 12.9. The number of carbonyl (C=O) groups excluding carboxylic acids is 1. The Morgan fingerprint density at radius 1 is 1.24 bits per heavy atom. The molecule has 0 saturated heterocycles. The van der Waals surface area contributed by atoms with Crippen LogP contribution in [0.1, 0.15) is 5.56 Å². The van der Waals surface area contributed by atoms with Crippen LogP contribution in [0.4, 0.5) is 5.69 Å². The largest absolute Gasteiger partial charge is 0.482 e. The first kappa shape index (κ1) is 18.0. The molecule has 7 heteroatoms. The highest BCUT2D eigenvalue weighted by Crippen LogP contribution is 2.22. The monoisotopic (exact) mass is 356 g/mol. The number of aliphatic carboxylic acids is 1. The molecule has 0 unspecified atom stereocenters. The maximum Gasteiger partial charge on any atom is 0.341 e. The second kappa shape index (κ2) is 8.52. The average Bonchev–Trinajstić information content (AvgIpc) is 2.60. The van der Waals surface area contributed by atoms with E-state index in [1.165, 1.54) is 12.1 Å². The van der Waals surface area contributed by atoms with E-state index in [0.717, 1.165) is 0 Å². The zero-order valence-corrected chi connectivity index (χ0v) is 13.7. The van der Waals surface area contributed by atoms with Crippen molar-refractivity contribution in [1.29, 1.82) is 5.26 Å². The number of nitriles is 1. The number of anilines is 1. The van der Waals surface area contributed by atoms with Gasteiger partial charge < -0.3 is 15.2 Å². The first-order valence-corrected chi connectivity index (χ1v) is 7.49. The van der Waals surface area contributed by atoms with Crippen LogP contribution >= 0.6 is 11.6 Å².